The molecule has 168 valence electrons. The van der Waals surface area contributed by atoms with Gasteiger partial charge in [-0.05, 0) is 62.0 Å². The van der Waals surface area contributed by atoms with Gasteiger partial charge in [0.25, 0.3) is 0 Å². The summed E-state index contributed by atoms with van der Waals surface area (Å²) in [5.74, 6) is 0.0246. The number of likely N-dealkylation sites (tertiary alicyclic amines) is 1. The average molecular weight is 454 g/mol. The van der Waals surface area contributed by atoms with Gasteiger partial charge in [-0.3, -0.25) is 4.79 Å². The number of anilines is 1. The third-order valence-corrected chi connectivity index (χ3v) is 6.38. The molecule has 0 saturated carbocycles. The molecule has 1 amide bonds. The van der Waals surface area contributed by atoms with Crippen LogP contribution >= 0.6 is 11.6 Å². The Hall–Kier alpha value is -2.83. The minimum absolute atomic E-state index is 0.137. The van der Waals surface area contributed by atoms with Crippen molar-refractivity contribution in [2.75, 3.05) is 32.1 Å². The van der Waals surface area contributed by atoms with Crippen LogP contribution in [-0.4, -0.2) is 48.5 Å². The summed E-state index contributed by atoms with van der Waals surface area (Å²) in [7, 11) is 1.31. The van der Waals surface area contributed by atoms with E-state index >= 15 is 0 Å². The number of hydrogen-bond acceptors (Lipinski definition) is 4. The molecule has 0 unspecified atom stereocenters. The third kappa shape index (κ3) is 5.31. The number of carbonyl (C=O) groups is 2. The third-order valence-electron chi connectivity index (χ3n) is 6.14. The SMILES string of the molecule is COC(=O)c1[nH]c2ccc(Cl)cc2c1NC(=O)CCN1CCC(Cc2ccccc2)CC1. The summed E-state index contributed by atoms with van der Waals surface area (Å²) >= 11 is 6.13. The Labute approximate surface area is 192 Å². The second-order valence-corrected chi connectivity index (χ2v) is 8.77. The Bertz CT molecular complexity index is 1090. The molecule has 0 spiro atoms. The molecule has 2 heterocycles. The Morgan fingerprint density at radius 2 is 1.91 bits per heavy atom. The molecule has 1 fully saturated rings. The molecule has 1 aliphatic heterocycles. The highest BCUT2D eigenvalue weighted by molar-refractivity contribution is 6.31. The van der Waals surface area contributed by atoms with Crippen LogP contribution in [0.2, 0.25) is 5.02 Å². The lowest BCUT2D eigenvalue weighted by molar-refractivity contribution is -0.116. The predicted molar refractivity (Wildman–Crippen MR) is 127 cm³/mol. The van der Waals surface area contributed by atoms with Crippen molar-refractivity contribution in [3.8, 4) is 0 Å². The minimum Gasteiger partial charge on any atom is -0.464 e. The van der Waals surface area contributed by atoms with Gasteiger partial charge >= 0.3 is 5.97 Å². The van der Waals surface area contributed by atoms with Gasteiger partial charge < -0.3 is 19.9 Å². The van der Waals surface area contributed by atoms with Crippen LogP contribution in [0, 0.1) is 5.92 Å². The number of ether oxygens (including phenoxy) is 1. The number of fused-ring (bicyclic) bond motifs is 1. The first kappa shape index (κ1) is 22.4. The van der Waals surface area contributed by atoms with E-state index in [-0.39, 0.29) is 11.6 Å². The molecule has 1 aromatic heterocycles. The van der Waals surface area contributed by atoms with E-state index in [1.807, 2.05) is 0 Å². The monoisotopic (exact) mass is 453 g/mol. The summed E-state index contributed by atoms with van der Waals surface area (Å²) in [6.07, 6.45) is 3.76. The Morgan fingerprint density at radius 1 is 1.16 bits per heavy atom. The average Bonchev–Trinajstić information content (AvgIpc) is 3.16. The number of aromatic amines is 1. The molecule has 7 heteroatoms. The first-order valence-corrected chi connectivity index (χ1v) is 11.4. The number of nitrogens with one attached hydrogen (secondary N) is 2. The lowest BCUT2D eigenvalue weighted by Crippen LogP contribution is -2.36. The highest BCUT2D eigenvalue weighted by Crippen LogP contribution is 2.31. The summed E-state index contributed by atoms with van der Waals surface area (Å²) < 4.78 is 4.86. The molecule has 0 radical (unpaired) electrons. The molecule has 1 saturated heterocycles. The number of hydrogen-bond donors (Lipinski definition) is 2. The predicted octanol–water partition coefficient (Wildman–Crippen LogP) is 4.89. The normalized spacial score (nSPS) is 15.1. The van der Waals surface area contributed by atoms with Crippen LogP contribution < -0.4 is 5.32 Å². The Kier molecular flexibility index (Phi) is 7.12. The van der Waals surface area contributed by atoms with E-state index in [2.05, 4.69) is 45.5 Å². The van der Waals surface area contributed by atoms with Crippen molar-refractivity contribution in [1.29, 1.82) is 0 Å². The number of carbonyl (C=O) groups excluding carboxylic acids is 2. The number of nitrogens with zero attached hydrogens (tertiary/aromatic N) is 1. The molecule has 3 aromatic rings. The number of rotatable bonds is 7. The van der Waals surface area contributed by atoms with E-state index in [1.165, 1.54) is 12.7 Å². The number of benzene rings is 2. The Morgan fingerprint density at radius 3 is 2.62 bits per heavy atom. The largest absolute Gasteiger partial charge is 0.464 e. The van der Waals surface area contributed by atoms with E-state index in [4.69, 9.17) is 16.3 Å². The molecule has 2 aromatic carbocycles. The quantitative estimate of drug-likeness (QED) is 0.499. The lowest BCUT2D eigenvalue weighted by atomic mass is 9.90. The van der Waals surface area contributed by atoms with Crippen molar-refractivity contribution in [3.63, 3.8) is 0 Å². The van der Waals surface area contributed by atoms with Gasteiger partial charge in [-0.2, -0.15) is 0 Å². The smallest absolute Gasteiger partial charge is 0.356 e. The standard InChI is InChI=1S/C25H28ClN3O3/c1-32-25(31)24-23(20-16-19(26)7-8-21(20)27-24)28-22(30)11-14-29-12-9-18(10-13-29)15-17-5-3-2-4-6-17/h2-8,16,18,27H,9-15H2,1H3,(H,28,30). The van der Waals surface area contributed by atoms with Crippen LogP contribution in [0.4, 0.5) is 5.69 Å². The summed E-state index contributed by atoms with van der Waals surface area (Å²) in [4.78, 5) is 30.3. The van der Waals surface area contributed by atoms with Gasteiger partial charge in [-0.1, -0.05) is 41.9 Å². The number of halogens is 1. The molecule has 1 aliphatic rings. The molecule has 0 aliphatic carbocycles. The summed E-state index contributed by atoms with van der Waals surface area (Å²) in [5, 5.41) is 4.12. The summed E-state index contributed by atoms with van der Waals surface area (Å²) in [6.45, 7) is 2.70. The maximum atomic E-state index is 12.7. The van der Waals surface area contributed by atoms with Crippen LogP contribution in [0.3, 0.4) is 0 Å². The first-order chi connectivity index (χ1) is 15.5. The zero-order valence-corrected chi connectivity index (χ0v) is 19.0. The van der Waals surface area contributed by atoms with Crippen molar-refractivity contribution >= 4 is 40.1 Å². The lowest BCUT2D eigenvalue weighted by Gasteiger charge is -2.31. The topological polar surface area (TPSA) is 74.4 Å². The van der Waals surface area contributed by atoms with Crippen LogP contribution in [0.15, 0.2) is 48.5 Å². The summed E-state index contributed by atoms with van der Waals surface area (Å²) in [6, 6.07) is 15.9. The molecule has 6 nitrogen and oxygen atoms in total. The fraction of sp³-hybridized carbons (Fsp3) is 0.360. The van der Waals surface area contributed by atoms with Crippen molar-refractivity contribution in [2.45, 2.75) is 25.7 Å². The number of piperidine rings is 1. The molecule has 0 bridgehead atoms. The van der Waals surface area contributed by atoms with Crippen molar-refractivity contribution in [1.82, 2.24) is 9.88 Å². The molecule has 32 heavy (non-hydrogen) atoms. The van der Waals surface area contributed by atoms with Gasteiger partial charge in [-0.15, -0.1) is 0 Å². The fourth-order valence-corrected chi connectivity index (χ4v) is 4.54. The number of amides is 1. The van der Waals surface area contributed by atoms with E-state index in [0.717, 1.165) is 32.4 Å². The second kappa shape index (κ2) is 10.2. The molecular weight excluding hydrogens is 426 g/mol. The summed E-state index contributed by atoms with van der Waals surface area (Å²) in [5.41, 5.74) is 2.75. The van der Waals surface area contributed by atoms with E-state index in [0.29, 0.717) is 40.5 Å². The number of aromatic nitrogens is 1. The molecule has 2 N–H and O–H groups in total. The Balaban J connectivity index is 1.32. The van der Waals surface area contributed by atoms with Gasteiger partial charge in [-0.25, -0.2) is 4.79 Å². The fourth-order valence-electron chi connectivity index (χ4n) is 4.37. The number of esters is 1. The zero-order chi connectivity index (χ0) is 22.5. The van der Waals surface area contributed by atoms with E-state index in [9.17, 15) is 9.59 Å². The van der Waals surface area contributed by atoms with Crippen LogP contribution in [-0.2, 0) is 16.0 Å². The van der Waals surface area contributed by atoms with Crippen LogP contribution in [0.1, 0.15) is 35.3 Å². The number of methoxy groups -OCH3 is 1. The van der Waals surface area contributed by atoms with Crippen molar-refractivity contribution < 1.29 is 14.3 Å². The minimum atomic E-state index is -0.534. The van der Waals surface area contributed by atoms with E-state index in [1.54, 1.807) is 18.2 Å². The molecular formula is C25H28ClN3O3. The van der Waals surface area contributed by atoms with Gasteiger partial charge in [0.05, 0.1) is 12.8 Å². The highest BCUT2D eigenvalue weighted by atomic mass is 35.5. The van der Waals surface area contributed by atoms with Crippen molar-refractivity contribution in [2.24, 2.45) is 5.92 Å². The molecule has 0 atom stereocenters. The first-order valence-electron chi connectivity index (χ1n) is 11.0. The van der Waals surface area contributed by atoms with Crippen LogP contribution in [0.5, 0.6) is 0 Å². The van der Waals surface area contributed by atoms with Crippen LogP contribution in [0.25, 0.3) is 10.9 Å². The number of H-pyrrole nitrogens is 1. The van der Waals surface area contributed by atoms with Gasteiger partial charge in [0.2, 0.25) is 5.91 Å². The maximum absolute atomic E-state index is 12.7. The second-order valence-electron chi connectivity index (χ2n) is 8.33. The van der Waals surface area contributed by atoms with Gasteiger partial charge in [0.15, 0.2) is 0 Å². The van der Waals surface area contributed by atoms with E-state index < -0.39 is 5.97 Å². The molecule has 4 rings (SSSR count). The zero-order valence-electron chi connectivity index (χ0n) is 18.2. The van der Waals surface area contributed by atoms with Gasteiger partial charge in [0.1, 0.15) is 5.69 Å². The van der Waals surface area contributed by atoms with Crippen molar-refractivity contribution in [3.05, 3.63) is 64.8 Å². The van der Waals surface area contributed by atoms with Gasteiger partial charge in [0, 0.05) is 28.9 Å². The maximum Gasteiger partial charge on any atom is 0.356 e. The highest BCUT2D eigenvalue weighted by Gasteiger charge is 2.22.